The van der Waals surface area contributed by atoms with E-state index in [0.29, 0.717) is 37.9 Å². The SMILES string of the molecule is CC(C)Cn1ncc(NC2CCC(C(=O)O)CC2)c1C(F)F. The third kappa shape index (κ3) is 3.96. The van der Waals surface area contributed by atoms with Crippen molar-refractivity contribution in [3.63, 3.8) is 0 Å². The Morgan fingerprint density at radius 3 is 2.55 bits per heavy atom. The summed E-state index contributed by atoms with van der Waals surface area (Å²) in [7, 11) is 0. The van der Waals surface area contributed by atoms with Crippen molar-refractivity contribution >= 4 is 11.7 Å². The smallest absolute Gasteiger partial charge is 0.306 e. The van der Waals surface area contributed by atoms with Crippen LogP contribution < -0.4 is 5.32 Å². The van der Waals surface area contributed by atoms with E-state index in [0.717, 1.165) is 0 Å². The van der Waals surface area contributed by atoms with Gasteiger partial charge in [0.1, 0.15) is 5.69 Å². The van der Waals surface area contributed by atoms with Crippen molar-refractivity contribution < 1.29 is 18.7 Å². The fourth-order valence-corrected chi connectivity index (χ4v) is 2.93. The molecule has 0 bridgehead atoms. The van der Waals surface area contributed by atoms with Gasteiger partial charge in [0.05, 0.1) is 17.8 Å². The summed E-state index contributed by atoms with van der Waals surface area (Å²) in [6, 6.07) is 0.0322. The first-order valence-corrected chi connectivity index (χ1v) is 7.71. The number of carbonyl (C=O) groups is 1. The Balaban J connectivity index is 2.04. The van der Waals surface area contributed by atoms with Crippen LogP contribution in [0.1, 0.15) is 51.7 Å². The maximum absolute atomic E-state index is 13.3. The molecule has 1 aromatic heterocycles. The summed E-state index contributed by atoms with van der Waals surface area (Å²) >= 11 is 0. The van der Waals surface area contributed by atoms with Crippen LogP contribution in [-0.2, 0) is 11.3 Å². The van der Waals surface area contributed by atoms with Crippen molar-refractivity contribution in [2.45, 2.75) is 58.5 Å². The van der Waals surface area contributed by atoms with Crippen molar-refractivity contribution in [2.75, 3.05) is 5.32 Å². The van der Waals surface area contributed by atoms with Crippen molar-refractivity contribution in [3.8, 4) is 0 Å². The van der Waals surface area contributed by atoms with Gasteiger partial charge in [0.2, 0.25) is 0 Å². The molecule has 0 atom stereocenters. The van der Waals surface area contributed by atoms with Gasteiger partial charge in [-0.25, -0.2) is 8.78 Å². The van der Waals surface area contributed by atoms with E-state index in [-0.39, 0.29) is 23.6 Å². The standard InChI is InChI=1S/C15H23F2N3O2/c1-9(2)8-20-13(14(16)17)12(7-18-20)19-11-5-3-10(4-6-11)15(21)22/h7,9-11,14,19H,3-6,8H2,1-2H3,(H,21,22). The average molecular weight is 315 g/mol. The minimum atomic E-state index is -2.58. The molecule has 2 rings (SSSR count). The van der Waals surface area contributed by atoms with Crippen LogP contribution in [0, 0.1) is 11.8 Å². The zero-order valence-corrected chi connectivity index (χ0v) is 12.9. The highest BCUT2D eigenvalue weighted by Crippen LogP contribution is 2.31. The highest BCUT2D eigenvalue weighted by Gasteiger charge is 2.28. The minimum absolute atomic E-state index is 0.0322. The number of nitrogens with zero attached hydrogens (tertiary/aromatic N) is 2. The first-order chi connectivity index (χ1) is 10.4. The molecule has 1 saturated carbocycles. The van der Waals surface area contributed by atoms with E-state index < -0.39 is 12.4 Å². The number of aliphatic carboxylic acids is 1. The highest BCUT2D eigenvalue weighted by atomic mass is 19.3. The van der Waals surface area contributed by atoms with Gasteiger partial charge in [0, 0.05) is 12.6 Å². The molecular weight excluding hydrogens is 292 g/mol. The Morgan fingerprint density at radius 2 is 2.05 bits per heavy atom. The highest BCUT2D eigenvalue weighted by molar-refractivity contribution is 5.70. The maximum Gasteiger partial charge on any atom is 0.306 e. The van der Waals surface area contributed by atoms with E-state index in [1.807, 2.05) is 13.8 Å². The van der Waals surface area contributed by atoms with Crippen LogP contribution in [-0.4, -0.2) is 26.9 Å². The van der Waals surface area contributed by atoms with Crippen LogP contribution in [0.15, 0.2) is 6.20 Å². The van der Waals surface area contributed by atoms with E-state index in [9.17, 15) is 13.6 Å². The van der Waals surface area contributed by atoms with Gasteiger partial charge in [0.15, 0.2) is 0 Å². The molecule has 0 saturated heterocycles. The molecule has 0 aliphatic heterocycles. The summed E-state index contributed by atoms with van der Waals surface area (Å²) in [4.78, 5) is 10.9. The number of hydrogen-bond donors (Lipinski definition) is 2. The van der Waals surface area contributed by atoms with E-state index in [2.05, 4.69) is 10.4 Å². The molecule has 0 aromatic carbocycles. The zero-order chi connectivity index (χ0) is 16.3. The van der Waals surface area contributed by atoms with Crippen molar-refractivity contribution in [3.05, 3.63) is 11.9 Å². The van der Waals surface area contributed by atoms with Crippen molar-refractivity contribution in [2.24, 2.45) is 11.8 Å². The van der Waals surface area contributed by atoms with Crippen LogP contribution in [0.25, 0.3) is 0 Å². The fourth-order valence-electron chi connectivity index (χ4n) is 2.93. The lowest BCUT2D eigenvalue weighted by Gasteiger charge is -2.27. The topological polar surface area (TPSA) is 67.2 Å². The van der Waals surface area contributed by atoms with Crippen LogP contribution in [0.5, 0.6) is 0 Å². The Morgan fingerprint density at radius 1 is 1.41 bits per heavy atom. The largest absolute Gasteiger partial charge is 0.481 e. The summed E-state index contributed by atoms with van der Waals surface area (Å²) in [5.41, 5.74) is 0.295. The van der Waals surface area contributed by atoms with E-state index in [1.54, 1.807) is 0 Å². The second-order valence-electron chi connectivity index (χ2n) is 6.35. The van der Waals surface area contributed by atoms with Gasteiger partial charge in [-0.2, -0.15) is 5.10 Å². The molecule has 1 fully saturated rings. The lowest BCUT2D eigenvalue weighted by molar-refractivity contribution is -0.142. The summed E-state index contributed by atoms with van der Waals surface area (Å²) in [6.07, 6.45) is 1.38. The average Bonchev–Trinajstić information content (AvgIpc) is 2.81. The number of anilines is 1. The third-order valence-corrected chi connectivity index (χ3v) is 4.06. The molecule has 22 heavy (non-hydrogen) atoms. The van der Waals surface area contributed by atoms with Crippen LogP contribution in [0.3, 0.4) is 0 Å². The molecule has 1 aromatic rings. The van der Waals surface area contributed by atoms with Crippen LogP contribution in [0.4, 0.5) is 14.5 Å². The number of carboxylic acids is 1. The molecule has 0 amide bonds. The molecule has 0 spiro atoms. The Labute approximate surface area is 128 Å². The summed E-state index contributed by atoms with van der Waals surface area (Å²) in [5.74, 6) is -0.844. The van der Waals surface area contributed by atoms with Gasteiger partial charge < -0.3 is 10.4 Å². The van der Waals surface area contributed by atoms with E-state index in [4.69, 9.17) is 5.11 Å². The van der Waals surface area contributed by atoms with Crippen molar-refractivity contribution in [1.29, 1.82) is 0 Å². The predicted octanol–water partition coefficient (Wildman–Crippen LogP) is 3.53. The Hall–Kier alpha value is -1.66. The van der Waals surface area contributed by atoms with Gasteiger partial charge in [-0.1, -0.05) is 13.8 Å². The Kier molecular flexibility index (Phi) is 5.37. The van der Waals surface area contributed by atoms with Gasteiger partial charge in [-0.05, 0) is 31.6 Å². The molecule has 1 aliphatic carbocycles. The number of rotatable bonds is 6. The van der Waals surface area contributed by atoms with Gasteiger partial charge in [0.25, 0.3) is 6.43 Å². The lowest BCUT2D eigenvalue weighted by atomic mass is 9.86. The molecule has 7 heteroatoms. The molecule has 0 radical (unpaired) electrons. The van der Waals surface area contributed by atoms with Gasteiger partial charge in [-0.15, -0.1) is 0 Å². The first-order valence-electron chi connectivity index (χ1n) is 7.71. The number of aromatic nitrogens is 2. The number of hydrogen-bond acceptors (Lipinski definition) is 3. The fraction of sp³-hybridized carbons (Fsp3) is 0.733. The quantitative estimate of drug-likeness (QED) is 0.842. The predicted molar refractivity (Wildman–Crippen MR) is 79.0 cm³/mol. The molecular formula is C15H23F2N3O2. The molecule has 0 unspecified atom stereocenters. The van der Waals surface area contributed by atoms with Crippen molar-refractivity contribution in [1.82, 2.24) is 9.78 Å². The minimum Gasteiger partial charge on any atom is -0.481 e. The maximum atomic E-state index is 13.3. The lowest BCUT2D eigenvalue weighted by Crippen LogP contribution is -2.29. The third-order valence-electron chi connectivity index (χ3n) is 4.06. The van der Waals surface area contributed by atoms with E-state index >= 15 is 0 Å². The normalized spacial score (nSPS) is 22.3. The number of carboxylic acid groups (broad SMARTS) is 1. The number of halogens is 2. The second-order valence-corrected chi connectivity index (χ2v) is 6.35. The molecule has 5 nitrogen and oxygen atoms in total. The summed E-state index contributed by atoms with van der Waals surface area (Å²) < 4.78 is 28.0. The monoisotopic (exact) mass is 315 g/mol. The second kappa shape index (κ2) is 7.07. The van der Waals surface area contributed by atoms with Gasteiger partial charge >= 0.3 is 5.97 Å². The summed E-state index contributed by atoms with van der Waals surface area (Å²) in [6.45, 7) is 4.36. The number of nitrogens with one attached hydrogen (secondary N) is 1. The number of alkyl halides is 2. The van der Waals surface area contributed by atoms with Crippen LogP contribution >= 0.6 is 0 Å². The Bertz CT molecular complexity index is 509. The molecule has 124 valence electrons. The van der Waals surface area contributed by atoms with Gasteiger partial charge in [-0.3, -0.25) is 9.48 Å². The van der Waals surface area contributed by atoms with E-state index in [1.165, 1.54) is 10.9 Å². The molecule has 2 N–H and O–H groups in total. The zero-order valence-electron chi connectivity index (χ0n) is 12.9. The first kappa shape index (κ1) is 16.7. The molecule has 1 heterocycles. The van der Waals surface area contributed by atoms with Crippen LogP contribution in [0.2, 0.25) is 0 Å². The summed E-state index contributed by atoms with van der Waals surface area (Å²) in [5, 5.41) is 16.2. The molecule has 1 aliphatic rings.